The molecule has 1 fully saturated rings. The van der Waals surface area contributed by atoms with E-state index in [4.69, 9.17) is 18.9 Å². The van der Waals surface area contributed by atoms with Gasteiger partial charge in [0.1, 0.15) is 17.2 Å². The number of benzene rings is 2. The lowest BCUT2D eigenvalue weighted by Gasteiger charge is -2.22. The van der Waals surface area contributed by atoms with Gasteiger partial charge in [0.25, 0.3) is 0 Å². The Morgan fingerprint density at radius 1 is 1.03 bits per heavy atom. The second kappa shape index (κ2) is 9.21. The molecule has 2 aromatic carbocycles. The molecule has 8 heteroatoms. The van der Waals surface area contributed by atoms with Crippen molar-refractivity contribution in [1.82, 2.24) is 0 Å². The van der Waals surface area contributed by atoms with Gasteiger partial charge in [-0.1, -0.05) is 29.5 Å². The first-order valence-electron chi connectivity index (χ1n) is 9.28. The minimum atomic E-state index is -0.586. The van der Waals surface area contributed by atoms with Crippen LogP contribution in [-0.2, 0) is 19.1 Å². The first-order chi connectivity index (χ1) is 14.3. The molecule has 1 saturated heterocycles. The van der Waals surface area contributed by atoms with Crippen LogP contribution in [0.25, 0.3) is 0 Å². The second-order valence-corrected chi connectivity index (χ2v) is 8.00. The van der Waals surface area contributed by atoms with Gasteiger partial charge in [-0.05, 0) is 19.1 Å². The third-order valence-corrected chi connectivity index (χ3v) is 5.63. The van der Waals surface area contributed by atoms with Crippen molar-refractivity contribution in [2.45, 2.75) is 43.4 Å². The lowest BCUT2D eigenvalue weighted by molar-refractivity contribution is -0.139. The Labute approximate surface area is 178 Å². The average Bonchev–Trinajstić information content (AvgIpc) is 3.02. The zero-order valence-electron chi connectivity index (χ0n) is 17.1. The molecule has 0 bridgehead atoms. The van der Waals surface area contributed by atoms with Gasteiger partial charge in [-0.25, -0.2) is 0 Å². The zero-order valence-corrected chi connectivity index (χ0v) is 17.9. The molecular formula is C22H22O7S. The maximum Gasteiger partial charge on any atom is 0.308 e. The quantitative estimate of drug-likeness (QED) is 0.502. The Morgan fingerprint density at radius 2 is 1.60 bits per heavy atom. The summed E-state index contributed by atoms with van der Waals surface area (Å²) < 4.78 is 21.6. The predicted molar refractivity (Wildman–Crippen MR) is 110 cm³/mol. The highest BCUT2D eigenvalue weighted by molar-refractivity contribution is 7.99. The van der Waals surface area contributed by atoms with E-state index in [0.29, 0.717) is 11.3 Å². The molecular weight excluding hydrogens is 408 g/mol. The molecule has 0 aliphatic carbocycles. The van der Waals surface area contributed by atoms with Gasteiger partial charge in [-0.3, -0.25) is 14.4 Å². The van der Waals surface area contributed by atoms with Crippen molar-refractivity contribution < 1.29 is 33.3 Å². The maximum atomic E-state index is 12.2. The number of ether oxygens (including phenoxy) is 4. The zero-order chi connectivity index (χ0) is 21.8. The summed E-state index contributed by atoms with van der Waals surface area (Å²) >= 11 is 1.38. The molecule has 2 atom stereocenters. The van der Waals surface area contributed by atoms with Gasteiger partial charge < -0.3 is 18.9 Å². The summed E-state index contributed by atoms with van der Waals surface area (Å²) in [5, 5.41) is 0. The van der Waals surface area contributed by atoms with E-state index in [9.17, 15) is 14.4 Å². The number of esters is 3. The molecule has 0 saturated carbocycles. The van der Waals surface area contributed by atoms with Crippen LogP contribution in [0.4, 0.5) is 0 Å². The monoisotopic (exact) mass is 430 g/mol. The van der Waals surface area contributed by atoms with Crippen LogP contribution in [0, 0.1) is 6.92 Å². The van der Waals surface area contributed by atoms with E-state index in [-0.39, 0.29) is 23.9 Å². The molecule has 7 nitrogen and oxygen atoms in total. The van der Waals surface area contributed by atoms with Gasteiger partial charge in [0.05, 0.1) is 13.5 Å². The molecule has 1 heterocycles. The molecule has 0 amide bonds. The Bertz CT molecular complexity index is 931. The number of carbonyl (C=O) groups excluding carboxylic acids is 3. The Hall–Kier alpha value is -3.00. The lowest BCUT2D eigenvalue weighted by atomic mass is 9.95. The van der Waals surface area contributed by atoms with Gasteiger partial charge in [-0.2, -0.15) is 0 Å². The second-order valence-electron chi connectivity index (χ2n) is 6.82. The largest absolute Gasteiger partial charge is 0.496 e. The van der Waals surface area contributed by atoms with E-state index in [1.165, 1.54) is 44.9 Å². The Kier molecular flexibility index (Phi) is 6.66. The number of methoxy groups -OCH3 is 1. The fraction of sp³-hybridized carbons (Fsp3) is 0.318. The van der Waals surface area contributed by atoms with Crippen molar-refractivity contribution in [3.05, 3.63) is 47.5 Å². The van der Waals surface area contributed by atoms with Crippen molar-refractivity contribution >= 4 is 29.7 Å². The average molecular weight is 430 g/mol. The van der Waals surface area contributed by atoms with E-state index >= 15 is 0 Å². The summed E-state index contributed by atoms with van der Waals surface area (Å²) in [5.41, 5.74) is 0.942. The summed E-state index contributed by atoms with van der Waals surface area (Å²) in [6.07, 6.45) is 0.0540. The molecule has 0 spiro atoms. The van der Waals surface area contributed by atoms with Crippen LogP contribution < -0.4 is 14.2 Å². The van der Waals surface area contributed by atoms with E-state index in [2.05, 4.69) is 0 Å². The molecule has 0 unspecified atom stereocenters. The van der Waals surface area contributed by atoms with Gasteiger partial charge in [-0.15, -0.1) is 0 Å². The molecule has 0 aromatic heterocycles. The van der Waals surface area contributed by atoms with Crippen molar-refractivity contribution in [2.75, 3.05) is 7.11 Å². The molecule has 0 radical (unpaired) electrons. The third-order valence-electron chi connectivity index (χ3n) is 4.43. The lowest BCUT2D eigenvalue weighted by Crippen LogP contribution is -2.16. The smallest absolute Gasteiger partial charge is 0.308 e. The molecule has 1 aliphatic rings. The summed E-state index contributed by atoms with van der Waals surface area (Å²) in [6.45, 7) is 4.52. The van der Waals surface area contributed by atoms with E-state index in [1.807, 2.05) is 31.2 Å². The molecule has 0 N–H and O–H groups in total. The standard InChI is InChI=1S/C22H22O7S/c1-12-5-7-16(8-6-12)30-22-17(11-20(25)29-22)21-18(27-13(2)23)9-15(26-4)10-19(21)28-14(3)24/h5-10,17,22H,11H2,1-4H3/t17-,22-/m0/s1. The van der Waals surface area contributed by atoms with E-state index in [0.717, 1.165) is 10.5 Å². The molecule has 3 rings (SSSR count). The van der Waals surface area contributed by atoms with Crippen LogP contribution in [0.5, 0.6) is 17.2 Å². The SMILES string of the molecule is COc1cc(OC(C)=O)c([C@@H]2CC(=O)O[C@H]2Sc2ccc(C)cc2)c(OC(C)=O)c1. The summed E-state index contributed by atoms with van der Waals surface area (Å²) in [5.74, 6) is -1.31. The van der Waals surface area contributed by atoms with Crippen molar-refractivity contribution in [3.63, 3.8) is 0 Å². The minimum Gasteiger partial charge on any atom is -0.496 e. The van der Waals surface area contributed by atoms with Gasteiger partial charge >= 0.3 is 17.9 Å². The summed E-state index contributed by atoms with van der Waals surface area (Å²) in [4.78, 5) is 36.5. The van der Waals surface area contributed by atoms with E-state index < -0.39 is 23.3 Å². The van der Waals surface area contributed by atoms with Crippen LogP contribution in [-0.4, -0.2) is 30.5 Å². The number of carbonyl (C=O) groups is 3. The number of hydrogen-bond acceptors (Lipinski definition) is 8. The molecule has 2 aromatic rings. The minimum absolute atomic E-state index is 0.0540. The van der Waals surface area contributed by atoms with Gasteiger partial charge in [0.2, 0.25) is 0 Å². The van der Waals surface area contributed by atoms with Crippen molar-refractivity contribution in [3.8, 4) is 17.2 Å². The maximum absolute atomic E-state index is 12.2. The highest BCUT2D eigenvalue weighted by atomic mass is 32.2. The number of cyclic esters (lactones) is 1. The molecule has 158 valence electrons. The number of rotatable bonds is 6. The highest BCUT2D eigenvalue weighted by Crippen LogP contribution is 2.49. The first-order valence-corrected chi connectivity index (χ1v) is 10.2. The fourth-order valence-corrected chi connectivity index (χ4v) is 4.28. The molecule has 1 aliphatic heterocycles. The van der Waals surface area contributed by atoms with Crippen LogP contribution in [0.1, 0.15) is 37.3 Å². The topological polar surface area (TPSA) is 88.1 Å². The number of thioether (sulfide) groups is 1. The van der Waals surface area contributed by atoms with Crippen LogP contribution in [0.3, 0.4) is 0 Å². The van der Waals surface area contributed by atoms with Gasteiger partial charge in [0.15, 0.2) is 5.44 Å². The van der Waals surface area contributed by atoms with E-state index in [1.54, 1.807) is 0 Å². The normalized spacial score (nSPS) is 17.9. The van der Waals surface area contributed by atoms with Crippen LogP contribution in [0.15, 0.2) is 41.3 Å². The van der Waals surface area contributed by atoms with Gasteiger partial charge in [0, 0.05) is 42.4 Å². The Balaban J connectivity index is 2.06. The molecule has 30 heavy (non-hydrogen) atoms. The Morgan fingerprint density at radius 3 is 2.10 bits per heavy atom. The fourth-order valence-electron chi connectivity index (χ4n) is 3.17. The highest BCUT2D eigenvalue weighted by Gasteiger charge is 2.41. The predicted octanol–water partition coefficient (Wildman–Crippen LogP) is 4.00. The summed E-state index contributed by atoms with van der Waals surface area (Å²) in [6, 6.07) is 10.9. The van der Waals surface area contributed by atoms with Crippen molar-refractivity contribution in [1.29, 1.82) is 0 Å². The summed E-state index contributed by atoms with van der Waals surface area (Å²) in [7, 11) is 1.45. The van der Waals surface area contributed by atoms with Crippen molar-refractivity contribution in [2.24, 2.45) is 0 Å². The number of hydrogen-bond donors (Lipinski definition) is 0. The first kappa shape index (κ1) is 21.7. The number of aryl methyl sites for hydroxylation is 1. The third kappa shape index (κ3) is 5.13. The van der Waals surface area contributed by atoms with Crippen LogP contribution >= 0.6 is 11.8 Å². The van der Waals surface area contributed by atoms with Crippen LogP contribution in [0.2, 0.25) is 0 Å².